The average Bonchev–Trinajstić information content (AvgIpc) is 3.32. The molecule has 0 atom stereocenters. The molecular weight excluding hydrogens is 382 g/mol. The molecule has 0 saturated heterocycles. The van der Waals surface area contributed by atoms with Crippen LogP contribution in [0, 0.1) is 0 Å². The second-order valence-electron chi connectivity index (χ2n) is 7.00. The van der Waals surface area contributed by atoms with E-state index in [9.17, 15) is 14.4 Å². The molecule has 2 heterocycles. The molecule has 4 rings (SSSR count). The maximum absolute atomic E-state index is 12.8. The smallest absolute Gasteiger partial charge is 0.313 e. The number of hydrogen-bond acceptors (Lipinski definition) is 4. The van der Waals surface area contributed by atoms with E-state index in [4.69, 9.17) is 4.42 Å². The number of benzene rings is 2. The largest absolute Gasteiger partial charge is 0.459 e. The van der Waals surface area contributed by atoms with E-state index in [-0.39, 0.29) is 18.2 Å². The number of rotatable bonds is 4. The molecule has 1 aliphatic rings. The number of aryl methyl sites for hydroxylation is 1. The van der Waals surface area contributed by atoms with Crippen molar-refractivity contribution in [2.45, 2.75) is 19.4 Å². The number of anilines is 2. The first-order valence-electron chi connectivity index (χ1n) is 9.73. The Hall–Kier alpha value is -3.87. The summed E-state index contributed by atoms with van der Waals surface area (Å²) in [6.45, 7) is 0.824. The fourth-order valence-electron chi connectivity index (χ4n) is 3.44. The van der Waals surface area contributed by atoms with Gasteiger partial charge in [0.2, 0.25) is 0 Å². The minimum atomic E-state index is -0.759. The molecule has 152 valence electrons. The van der Waals surface area contributed by atoms with Gasteiger partial charge in [0.15, 0.2) is 5.76 Å². The molecule has 30 heavy (non-hydrogen) atoms. The maximum atomic E-state index is 12.8. The fraction of sp³-hybridized carbons (Fsp3) is 0.174. The SMILES string of the molecule is O=C(NCc1ccccc1)C(=O)Nc1ccc2c(c1)N(C(=O)c1ccco1)CCC2. The Morgan fingerprint density at radius 3 is 2.57 bits per heavy atom. The van der Waals surface area contributed by atoms with Gasteiger partial charge in [-0.05, 0) is 48.2 Å². The maximum Gasteiger partial charge on any atom is 0.313 e. The summed E-state index contributed by atoms with van der Waals surface area (Å²) in [7, 11) is 0. The highest BCUT2D eigenvalue weighted by Gasteiger charge is 2.26. The van der Waals surface area contributed by atoms with Crippen LogP contribution in [-0.4, -0.2) is 24.3 Å². The normalized spacial score (nSPS) is 12.7. The zero-order valence-electron chi connectivity index (χ0n) is 16.3. The molecular formula is C23H21N3O4. The van der Waals surface area contributed by atoms with E-state index in [0.717, 1.165) is 24.0 Å². The summed E-state index contributed by atoms with van der Waals surface area (Å²) < 4.78 is 5.24. The minimum Gasteiger partial charge on any atom is -0.459 e. The summed E-state index contributed by atoms with van der Waals surface area (Å²) in [5.74, 6) is -1.45. The number of nitrogens with zero attached hydrogens (tertiary/aromatic N) is 1. The van der Waals surface area contributed by atoms with E-state index in [2.05, 4.69) is 10.6 Å². The molecule has 1 aromatic heterocycles. The van der Waals surface area contributed by atoms with Crippen molar-refractivity contribution in [2.24, 2.45) is 0 Å². The van der Waals surface area contributed by atoms with Crippen LogP contribution in [0.4, 0.5) is 11.4 Å². The van der Waals surface area contributed by atoms with Crippen molar-refractivity contribution in [2.75, 3.05) is 16.8 Å². The van der Waals surface area contributed by atoms with E-state index in [0.29, 0.717) is 17.9 Å². The highest BCUT2D eigenvalue weighted by molar-refractivity contribution is 6.39. The number of hydrogen-bond donors (Lipinski definition) is 2. The van der Waals surface area contributed by atoms with E-state index in [1.54, 1.807) is 29.2 Å². The van der Waals surface area contributed by atoms with Gasteiger partial charge in [0.05, 0.1) is 6.26 Å². The number of carbonyl (C=O) groups is 3. The lowest BCUT2D eigenvalue weighted by molar-refractivity contribution is -0.136. The number of nitrogens with one attached hydrogen (secondary N) is 2. The van der Waals surface area contributed by atoms with Crippen molar-refractivity contribution >= 4 is 29.1 Å². The summed E-state index contributed by atoms with van der Waals surface area (Å²) in [6, 6.07) is 18.0. The molecule has 0 radical (unpaired) electrons. The van der Waals surface area contributed by atoms with Crippen LogP contribution in [-0.2, 0) is 22.6 Å². The van der Waals surface area contributed by atoms with Gasteiger partial charge in [-0.2, -0.15) is 0 Å². The molecule has 3 aromatic rings. The zero-order valence-corrected chi connectivity index (χ0v) is 16.3. The summed E-state index contributed by atoms with van der Waals surface area (Å²) in [5, 5.41) is 5.21. The molecule has 0 saturated carbocycles. The first kappa shape index (κ1) is 19.4. The van der Waals surface area contributed by atoms with Gasteiger partial charge in [-0.1, -0.05) is 36.4 Å². The lowest BCUT2D eigenvalue weighted by Gasteiger charge is -2.29. The Morgan fingerprint density at radius 1 is 0.967 bits per heavy atom. The van der Waals surface area contributed by atoms with Crippen molar-refractivity contribution in [3.63, 3.8) is 0 Å². The lowest BCUT2D eigenvalue weighted by Crippen LogP contribution is -2.36. The topological polar surface area (TPSA) is 91.7 Å². The van der Waals surface area contributed by atoms with E-state index < -0.39 is 11.8 Å². The molecule has 2 N–H and O–H groups in total. The first-order valence-corrected chi connectivity index (χ1v) is 9.73. The Labute approximate surface area is 173 Å². The van der Waals surface area contributed by atoms with Crippen LogP contribution in [0.2, 0.25) is 0 Å². The Balaban J connectivity index is 1.45. The molecule has 3 amide bonds. The molecule has 0 bridgehead atoms. The molecule has 0 spiro atoms. The average molecular weight is 403 g/mol. The van der Waals surface area contributed by atoms with Crippen molar-refractivity contribution in [1.29, 1.82) is 0 Å². The van der Waals surface area contributed by atoms with E-state index >= 15 is 0 Å². The Kier molecular flexibility index (Phi) is 5.61. The minimum absolute atomic E-state index is 0.231. The van der Waals surface area contributed by atoms with Gasteiger partial charge in [0, 0.05) is 24.5 Å². The van der Waals surface area contributed by atoms with Crippen LogP contribution in [0.3, 0.4) is 0 Å². The predicted octanol–water partition coefficient (Wildman–Crippen LogP) is 3.13. The van der Waals surface area contributed by atoms with Crippen molar-refractivity contribution in [3.05, 3.63) is 83.8 Å². The summed E-state index contributed by atoms with van der Waals surface area (Å²) in [6.07, 6.45) is 3.14. The fourth-order valence-corrected chi connectivity index (χ4v) is 3.44. The van der Waals surface area contributed by atoms with Gasteiger partial charge in [-0.3, -0.25) is 14.4 Å². The highest BCUT2D eigenvalue weighted by atomic mass is 16.3. The van der Waals surface area contributed by atoms with E-state index in [1.807, 2.05) is 36.4 Å². The third-order valence-electron chi connectivity index (χ3n) is 4.94. The van der Waals surface area contributed by atoms with Crippen LogP contribution < -0.4 is 15.5 Å². The standard InChI is InChI=1S/C23H21N3O4/c27-21(24-15-16-6-2-1-3-7-16)22(28)25-18-11-10-17-8-4-12-26(19(17)14-18)23(29)20-9-5-13-30-20/h1-3,5-7,9-11,13-14H,4,8,12,15H2,(H,24,27)(H,25,28). The summed E-state index contributed by atoms with van der Waals surface area (Å²) in [5.41, 5.74) is 3.07. The van der Waals surface area contributed by atoms with Gasteiger partial charge in [0.1, 0.15) is 0 Å². The van der Waals surface area contributed by atoms with Crippen molar-refractivity contribution < 1.29 is 18.8 Å². The second-order valence-corrected chi connectivity index (χ2v) is 7.00. The number of amides is 3. The van der Waals surface area contributed by atoms with Crippen molar-refractivity contribution in [1.82, 2.24) is 5.32 Å². The van der Waals surface area contributed by atoms with Crippen LogP contribution in [0.25, 0.3) is 0 Å². The first-order chi connectivity index (χ1) is 14.6. The number of carbonyl (C=O) groups excluding carboxylic acids is 3. The highest BCUT2D eigenvalue weighted by Crippen LogP contribution is 2.31. The zero-order chi connectivity index (χ0) is 20.9. The third-order valence-corrected chi connectivity index (χ3v) is 4.94. The van der Waals surface area contributed by atoms with Gasteiger partial charge >= 0.3 is 11.8 Å². The summed E-state index contributed by atoms with van der Waals surface area (Å²) >= 11 is 0. The van der Waals surface area contributed by atoms with Gasteiger partial charge in [-0.15, -0.1) is 0 Å². The van der Waals surface area contributed by atoms with Gasteiger partial charge in [0.25, 0.3) is 5.91 Å². The number of fused-ring (bicyclic) bond motifs is 1. The molecule has 7 heteroatoms. The quantitative estimate of drug-likeness (QED) is 0.655. The lowest BCUT2D eigenvalue weighted by atomic mass is 10.0. The van der Waals surface area contributed by atoms with Crippen LogP contribution >= 0.6 is 0 Å². The van der Waals surface area contributed by atoms with E-state index in [1.165, 1.54) is 6.26 Å². The monoisotopic (exact) mass is 403 g/mol. The molecule has 0 fully saturated rings. The van der Waals surface area contributed by atoms with Crippen molar-refractivity contribution in [3.8, 4) is 0 Å². The van der Waals surface area contributed by atoms with Gasteiger partial charge < -0.3 is 20.0 Å². The number of furan rings is 1. The third kappa shape index (κ3) is 4.25. The van der Waals surface area contributed by atoms with Gasteiger partial charge in [-0.25, -0.2) is 0 Å². The van der Waals surface area contributed by atoms with Crippen LogP contribution in [0.1, 0.15) is 28.1 Å². The Morgan fingerprint density at radius 2 is 1.80 bits per heavy atom. The van der Waals surface area contributed by atoms with Crippen LogP contribution in [0.15, 0.2) is 71.3 Å². The predicted molar refractivity (Wildman–Crippen MR) is 112 cm³/mol. The molecule has 0 aliphatic carbocycles. The van der Waals surface area contributed by atoms with Crippen LogP contribution in [0.5, 0.6) is 0 Å². The molecule has 0 unspecified atom stereocenters. The Bertz CT molecular complexity index is 1060. The second kappa shape index (κ2) is 8.65. The molecule has 1 aliphatic heterocycles. The summed E-state index contributed by atoms with van der Waals surface area (Å²) in [4.78, 5) is 38.8. The molecule has 7 nitrogen and oxygen atoms in total. The molecule has 2 aromatic carbocycles.